The Morgan fingerprint density at radius 1 is 0.833 bits per heavy atom. The Balaban J connectivity index is 1.25. The van der Waals surface area contributed by atoms with Crippen LogP contribution in [0.2, 0.25) is 5.02 Å². The molecule has 0 aliphatic heterocycles. The highest BCUT2D eigenvalue weighted by atomic mass is 35.5. The van der Waals surface area contributed by atoms with E-state index in [2.05, 4.69) is 17.4 Å². The standard InChI is InChI=1S/C35H27ClN2O4/c1-40-33-20-26(19-32(36)34(33)42-23-25-11-12-27-9-5-6-10-28(27)17-25)18-29(21-37)35(39)38-30-13-15-31(16-14-30)41-22-24-7-3-2-4-8-24/h2-20H,22-23H2,1H3,(H,38,39)/b29-18+. The number of fused-ring (bicyclic) bond motifs is 1. The molecule has 42 heavy (non-hydrogen) atoms. The van der Waals surface area contributed by atoms with Gasteiger partial charge in [-0.1, -0.05) is 78.3 Å². The van der Waals surface area contributed by atoms with Gasteiger partial charge in [0.1, 0.15) is 30.6 Å². The minimum absolute atomic E-state index is 0.0950. The van der Waals surface area contributed by atoms with Crippen LogP contribution < -0.4 is 19.5 Å². The lowest BCUT2D eigenvalue weighted by atomic mass is 10.1. The maximum absolute atomic E-state index is 12.9. The lowest BCUT2D eigenvalue weighted by molar-refractivity contribution is -0.112. The highest BCUT2D eigenvalue weighted by molar-refractivity contribution is 6.32. The van der Waals surface area contributed by atoms with E-state index in [-0.39, 0.29) is 12.2 Å². The summed E-state index contributed by atoms with van der Waals surface area (Å²) in [5.41, 5.74) is 2.99. The molecular weight excluding hydrogens is 548 g/mol. The zero-order chi connectivity index (χ0) is 29.3. The molecule has 0 saturated carbocycles. The normalized spacial score (nSPS) is 11.0. The second-order valence-electron chi connectivity index (χ2n) is 9.43. The average molecular weight is 575 g/mol. The largest absolute Gasteiger partial charge is 0.493 e. The molecule has 6 nitrogen and oxygen atoms in total. The van der Waals surface area contributed by atoms with Crippen LogP contribution in [0.4, 0.5) is 5.69 Å². The fraction of sp³-hybridized carbons (Fsp3) is 0.0857. The van der Waals surface area contributed by atoms with Crippen LogP contribution in [0.15, 0.2) is 115 Å². The summed E-state index contributed by atoms with van der Waals surface area (Å²) in [4.78, 5) is 12.9. The molecule has 0 bridgehead atoms. The highest BCUT2D eigenvalue weighted by Crippen LogP contribution is 2.37. The van der Waals surface area contributed by atoms with E-state index in [0.29, 0.717) is 40.1 Å². The van der Waals surface area contributed by atoms with Crippen LogP contribution in [0, 0.1) is 11.3 Å². The van der Waals surface area contributed by atoms with Gasteiger partial charge in [0, 0.05) is 5.69 Å². The fourth-order valence-electron chi connectivity index (χ4n) is 4.34. The van der Waals surface area contributed by atoms with Crippen molar-refractivity contribution >= 4 is 40.0 Å². The number of nitriles is 1. The molecule has 5 aromatic carbocycles. The summed E-state index contributed by atoms with van der Waals surface area (Å²) in [6.45, 7) is 0.727. The lowest BCUT2D eigenvalue weighted by Gasteiger charge is -2.14. The maximum atomic E-state index is 12.9. The molecule has 0 aliphatic rings. The van der Waals surface area contributed by atoms with Gasteiger partial charge in [-0.2, -0.15) is 5.26 Å². The first kappa shape index (κ1) is 28.3. The molecule has 5 aromatic rings. The van der Waals surface area contributed by atoms with Crippen molar-refractivity contribution in [2.45, 2.75) is 13.2 Å². The molecule has 0 aromatic heterocycles. The number of nitrogens with one attached hydrogen (secondary N) is 1. The first-order valence-corrected chi connectivity index (χ1v) is 13.6. The number of nitrogens with zero attached hydrogens (tertiary/aromatic N) is 1. The zero-order valence-corrected chi connectivity index (χ0v) is 23.6. The number of rotatable bonds is 10. The van der Waals surface area contributed by atoms with E-state index in [1.165, 1.54) is 13.2 Å². The summed E-state index contributed by atoms with van der Waals surface area (Å²) in [6, 6.07) is 36.3. The Bertz CT molecular complexity index is 1780. The quantitative estimate of drug-likeness (QED) is 0.134. The van der Waals surface area contributed by atoms with Crippen LogP contribution in [-0.2, 0) is 18.0 Å². The second kappa shape index (κ2) is 13.4. The molecule has 0 spiro atoms. The third kappa shape index (κ3) is 7.08. The molecular formula is C35H27ClN2O4. The molecule has 208 valence electrons. The summed E-state index contributed by atoms with van der Waals surface area (Å²) in [5.74, 6) is 0.875. The third-order valence-corrected chi connectivity index (χ3v) is 6.77. The van der Waals surface area contributed by atoms with E-state index < -0.39 is 5.91 Å². The second-order valence-corrected chi connectivity index (χ2v) is 9.83. The van der Waals surface area contributed by atoms with Crippen LogP contribution in [0.5, 0.6) is 17.2 Å². The average Bonchev–Trinajstić information content (AvgIpc) is 3.02. The summed E-state index contributed by atoms with van der Waals surface area (Å²) in [6.07, 6.45) is 1.45. The SMILES string of the molecule is COc1cc(/C=C(\C#N)C(=O)Nc2ccc(OCc3ccccc3)cc2)cc(Cl)c1OCc1ccc2ccccc2c1. The lowest BCUT2D eigenvalue weighted by Crippen LogP contribution is -2.13. The van der Waals surface area contributed by atoms with E-state index in [9.17, 15) is 10.1 Å². The third-order valence-electron chi connectivity index (χ3n) is 6.49. The van der Waals surface area contributed by atoms with Gasteiger partial charge in [-0.15, -0.1) is 0 Å². The Morgan fingerprint density at radius 3 is 2.29 bits per heavy atom. The van der Waals surface area contributed by atoms with Gasteiger partial charge < -0.3 is 19.5 Å². The summed E-state index contributed by atoms with van der Waals surface area (Å²) in [7, 11) is 1.51. The van der Waals surface area contributed by atoms with Gasteiger partial charge in [0.15, 0.2) is 11.5 Å². The maximum Gasteiger partial charge on any atom is 0.266 e. The van der Waals surface area contributed by atoms with Crippen molar-refractivity contribution < 1.29 is 19.0 Å². The first-order chi connectivity index (χ1) is 20.5. The number of ether oxygens (including phenoxy) is 3. The van der Waals surface area contributed by atoms with Gasteiger partial charge in [0.25, 0.3) is 5.91 Å². The van der Waals surface area contributed by atoms with Crippen molar-refractivity contribution in [1.29, 1.82) is 5.26 Å². The Morgan fingerprint density at radius 2 is 1.55 bits per heavy atom. The van der Waals surface area contributed by atoms with Crippen molar-refractivity contribution in [3.63, 3.8) is 0 Å². The summed E-state index contributed by atoms with van der Waals surface area (Å²) < 4.78 is 17.3. The monoisotopic (exact) mass is 574 g/mol. The molecule has 1 amide bonds. The van der Waals surface area contributed by atoms with E-state index in [1.54, 1.807) is 36.4 Å². The van der Waals surface area contributed by atoms with Crippen LogP contribution in [0.25, 0.3) is 16.8 Å². The minimum Gasteiger partial charge on any atom is -0.493 e. The van der Waals surface area contributed by atoms with Gasteiger partial charge in [0.05, 0.1) is 12.1 Å². The van der Waals surface area contributed by atoms with Crippen molar-refractivity contribution in [2.24, 2.45) is 0 Å². The molecule has 0 aliphatic carbocycles. The number of hydrogen-bond donors (Lipinski definition) is 1. The van der Waals surface area contributed by atoms with Gasteiger partial charge in [0.2, 0.25) is 0 Å². The van der Waals surface area contributed by atoms with Gasteiger partial charge >= 0.3 is 0 Å². The molecule has 5 rings (SSSR count). The first-order valence-electron chi connectivity index (χ1n) is 13.2. The zero-order valence-electron chi connectivity index (χ0n) is 22.8. The van der Waals surface area contributed by atoms with Gasteiger partial charge in [-0.25, -0.2) is 0 Å². The number of benzene rings is 5. The predicted octanol–water partition coefficient (Wildman–Crippen LogP) is 8.21. The highest BCUT2D eigenvalue weighted by Gasteiger charge is 2.15. The fourth-order valence-corrected chi connectivity index (χ4v) is 4.61. The summed E-state index contributed by atoms with van der Waals surface area (Å²) in [5, 5.41) is 15.0. The molecule has 0 radical (unpaired) electrons. The Kier molecular flexibility index (Phi) is 9.03. The number of methoxy groups -OCH3 is 1. The van der Waals surface area contributed by atoms with Crippen molar-refractivity contribution in [2.75, 3.05) is 12.4 Å². The smallest absolute Gasteiger partial charge is 0.266 e. The van der Waals surface area contributed by atoms with Crippen molar-refractivity contribution in [3.8, 4) is 23.3 Å². The molecule has 1 N–H and O–H groups in total. The van der Waals surface area contributed by atoms with E-state index in [1.807, 2.05) is 66.7 Å². The van der Waals surface area contributed by atoms with E-state index in [4.69, 9.17) is 25.8 Å². The minimum atomic E-state index is -0.554. The molecule has 7 heteroatoms. The molecule has 0 heterocycles. The summed E-state index contributed by atoms with van der Waals surface area (Å²) >= 11 is 6.56. The number of amides is 1. The topological polar surface area (TPSA) is 80.6 Å². The Labute approximate surface area is 249 Å². The number of hydrogen-bond acceptors (Lipinski definition) is 5. The van der Waals surface area contributed by atoms with Crippen LogP contribution in [-0.4, -0.2) is 13.0 Å². The predicted molar refractivity (Wildman–Crippen MR) is 166 cm³/mol. The number of carbonyl (C=O) groups excluding carboxylic acids is 1. The number of anilines is 1. The van der Waals surface area contributed by atoms with Crippen molar-refractivity contribution in [1.82, 2.24) is 0 Å². The number of carbonyl (C=O) groups is 1. The van der Waals surface area contributed by atoms with Gasteiger partial charge in [-0.05, 0) is 76.0 Å². The van der Waals surface area contributed by atoms with Crippen molar-refractivity contribution in [3.05, 3.63) is 136 Å². The molecule has 0 atom stereocenters. The van der Waals surface area contributed by atoms with E-state index >= 15 is 0 Å². The number of halogens is 1. The van der Waals surface area contributed by atoms with Crippen LogP contribution in [0.1, 0.15) is 16.7 Å². The Hall–Kier alpha value is -5.25. The molecule has 0 saturated heterocycles. The molecule has 0 fully saturated rings. The molecule has 0 unspecified atom stereocenters. The van der Waals surface area contributed by atoms with E-state index in [0.717, 1.165) is 21.9 Å². The van der Waals surface area contributed by atoms with Crippen LogP contribution >= 0.6 is 11.6 Å². The van der Waals surface area contributed by atoms with Crippen LogP contribution in [0.3, 0.4) is 0 Å². The van der Waals surface area contributed by atoms with Gasteiger partial charge in [-0.3, -0.25) is 4.79 Å².